The van der Waals surface area contributed by atoms with E-state index in [0.29, 0.717) is 10.0 Å². The van der Waals surface area contributed by atoms with Crippen molar-refractivity contribution in [1.29, 1.82) is 0 Å². The monoisotopic (exact) mass is 309 g/mol. The first-order valence-electron chi connectivity index (χ1n) is 6.34. The molecule has 0 aliphatic carbocycles. The van der Waals surface area contributed by atoms with Crippen LogP contribution in [0.3, 0.4) is 0 Å². The van der Waals surface area contributed by atoms with Gasteiger partial charge >= 0.3 is 0 Å². The van der Waals surface area contributed by atoms with Crippen molar-refractivity contribution in [2.24, 2.45) is 0 Å². The summed E-state index contributed by atoms with van der Waals surface area (Å²) in [6.07, 6.45) is 0. The summed E-state index contributed by atoms with van der Waals surface area (Å²) in [4.78, 5) is 9.15. The highest BCUT2D eigenvalue weighted by Crippen LogP contribution is 2.30. The fourth-order valence-electron chi connectivity index (χ4n) is 1.71. The Hall–Kier alpha value is -1.32. The lowest BCUT2D eigenvalue weighted by Gasteiger charge is -2.18. The van der Waals surface area contributed by atoms with Crippen molar-refractivity contribution in [3.05, 3.63) is 40.1 Å². The van der Waals surface area contributed by atoms with Crippen molar-refractivity contribution in [2.75, 3.05) is 12.4 Å². The molecule has 0 aliphatic heterocycles. The van der Waals surface area contributed by atoms with Crippen molar-refractivity contribution in [3.8, 4) is 11.3 Å². The van der Waals surface area contributed by atoms with Crippen molar-refractivity contribution in [2.45, 2.75) is 26.2 Å². The summed E-state index contributed by atoms with van der Waals surface area (Å²) in [5.41, 5.74) is 1.62. The van der Waals surface area contributed by atoms with Crippen LogP contribution in [-0.4, -0.2) is 17.0 Å². The van der Waals surface area contributed by atoms with Gasteiger partial charge in [-0.25, -0.2) is 9.97 Å². The Bertz CT molecular complexity index is 634. The summed E-state index contributed by atoms with van der Waals surface area (Å²) in [5.74, 6) is 1.57. The van der Waals surface area contributed by atoms with Crippen molar-refractivity contribution in [3.63, 3.8) is 0 Å². The summed E-state index contributed by atoms with van der Waals surface area (Å²) in [6.45, 7) is 6.25. The number of anilines is 1. The van der Waals surface area contributed by atoms with Gasteiger partial charge in [0.05, 0.1) is 15.7 Å². The smallest absolute Gasteiger partial charge is 0.136 e. The van der Waals surface area contributed by atoms with E-state index in [4.69, 9.17) is 23.2 Å². The first-order valence-corrected chi connectivity index (χ1v) is 7.09. The molecule has 0 fully saturated rings. The van der Waals surface area contributed by atoms with Gasteiger partial charge in [-0.05, 0) is 12.1 Å². The highest BCUT2D eigenvalue weighted by molar-refractivity contribution is 6.42. The quantitative estimate of drug-likeness (QED) is 0.866. The molecule has 0 bridgehead atoms. The molecule has 0 aliphatic rings. The van der Waals surface area contributed by atoms with E-state index in [1.807, 2.05) is 25.2 Å². The lowest BCUT2D eigenvalue weighted by atomic mass is 9.95. The van der Waals surface area contributed by atoms with Gasteiger partial charge in [0.15, 0.2) is 0 Å². The Morgan fingerprint density at radius 2 is 1.70 bits per heavy atom. The molecule has 1 aromatic heterocycles. The van der Waals surface area contributed by atoms with Crippen LogP contribution in [0.5, 0.6) is 0 Å². The summed E-state index contributed by atoms with van der Waals surface area (Å²) in [7, 11) is 1.84. The third kappa shape index (κ3) is 3.22. The molecule has 1 aromatic carbocycles. The van der Waals surface area contributed by atoms with E-state index in [1.54, 1.807) is 6.07 Å². The van der Waals surface area contributed by atoms with E-state index in [-0.39, 0.29) is 5.41 Å². The van der Waals surface area contributed by atoms with Gasteiger partial charge in [-0.3, -0.25) is 0 Å². The van der Waals surface area contributed by atoms with Crippen LogP contribution < -0.4 is 5.32 Å². The molecule has 2 rings (SSSR count). The van der Waals surface area contributed by atoms with Gasteiger partial charge in [0.2, 0.25) is 0 Å². The number of hydrogen-bond donors (Lipinski definition) is 1. The molecule has 106 valence electrons. The molecular weight excluding hydrogens is 293 g/mol. The minimum atomic E-state index is -0.127. The van der Waals surface area contributed by atoms with Crippen LogP contribution in [0.25, 0.3) is 11.3 Å². The fourth-order valence-corrected chi connectivity index (χ4v) is 2.01. The number of hydrogen-bond acceptors (Lipinski definition) is 3. The molecule has 20 heavy (non-hydrogen) atoms. The number of nitrogens with one attached hydrogen (secondary N) is 1. The van der Waals surface area contributed by atoms with Crippen LogP contribution in [-0.2, 0) is 5.41 Å². The van der Waals surface area contributed by atoms with E-state index in [0.717, 1.165) is 22.9 Å². The second kappa shape index (κ2) is 5.58. The standard InChI is InChI=1S/C15H17Cl2N3/c1-15(2,3)14-19-12(8-13(18-4)20-14)9-5-6-10(16)11(17)7-9/h5-8H,1-4H3,(H,18,19,20). The third-order valence-corrected chi connectivity index (χ3v) is 3.61. The molecule has 2 aromatic rings. The van der Waals surface area contributed by atoms with Gasteiger partial charge in [-0.1, -0.05) is 50.0 Å². The van der Waals surface area contributed by atoms with Gasteiger partial charge < -0.3 is 5.32 Å². The number of nitrogens with zero attached hydrogens (tertiary/aromatic N) is 2. The topological polar surface area (TPSA) is 37.8 Å². The third-order valence-electron chi connectivity index (χ3n) is 2.87. The Morgan fingerprint density at radius 1 is 1.00 bits per heavy atom. The maximum Gasteiger partial charge on any atom is 0.136 e. The highest BCUT2D eigenvalue weighted by atomic mass is 35.5. The van der Waals surface area contributed by atoms with E-state index in [9.17, 15) is 0 Å². The predicted octanol–water partition coefficient (Wildman–Crippen LogP) is 4.79. The minimum Gasteiger partial charge on any atom is -0.373 e. The summed E-state index contributed by atoms with van der Waals surface area (Å²) in [5, 5.41) is 4.12. The van der Waals surface area contributed by atoms with Gasteiger partial charge in [0, 0.05) is 24.1 Å². The highest BCUT2D eigenvalue weighted by Gasteiger charge is 2.19. The zero-order chi connectivity index (χ0) is 14.9. The Morgan fingerprint density at radius 3 is 2.25 bits per heavy atom. The zero-order valence-corrected chi connectivity index (χ0v) is 13.5. The maximum atomic E-state index is 6.08. The molecule has 0 unspecified atom stereocenters. The Kier molecular flexibility index (Phi) is 4.21. The van der Waals surface area contributed by atoms with Crippen molar-refractivity contribution in [1.82, 2.24) is 9.97 Å². The fraction of sp³-hybridized carbons (Fsp3) is 0.333. The molecule has 0 atom stereocenters. The lowest BCUT2D eigenvalue weighted by Crippen LogP contribution is -2.17. The van der Waals surface area contributed by atoms with Crippen LogP contribution in [0.4, 0.5) is 5.82 Å². The van der Waals surface area contributed by atoms with Crippen molar-refractivity contribution >= 4 is 29.0 Å². The Balaban J connectivity index is 2.58. The summed E-state index contributed by atoms with van der Waals surface area (Å²) in [6, 6.07) is 7.40. The van der Waals surface area contributed by atoms with Crippen LogP contribution >= 0.6 is 23.2 Å². The summed E-state index contributed by atoms with van der Waals surface area (Å²) < 4.78 is 0. The normalized spacial score (nSPS) is 11.5. The van der Waals surface area contributed by atoms with Gasteiger partial charge in [0.1, 0.15) is 11.6 Å². The number of rotatable bonds is 2. The summed E-state index contributed by atoms with van der Waals surface area (Å²) >= 11 is 12.0. The van der Waals surface area contributed by atoms with Crippen molar-refractivity contribution < 1.29 is 0 Å². The number of benzene rings is 1. The molecule has 0 saturated heterocycles. The molecule has 0 spiro atoms. The van der Waals surface area contributed by atoms with Crippen LogP contribution in [0.2, 0.25) is 10.0 Å². The first kappa shape index (κ1) is 15.1. The maximum absolute atomic E-state index is 6.08. The second-order valence-corrected chi connectivity index (χ2v) is 6.41. The SMILES string of the molecule is CNc1cc(-c2ccc(Cl)c(Cl)c2)nc(C(C)(C)C)n1. The molecule has 0 saturated carbocycles. The molecule has 1 N–H and O–H groups in total. The zero-order valence-electron chi connectivity index (χ0n) is 12.0. The van der Waals surface area contributed by atoms with Crippen LogP contribution in [0.1, 0.15) is 26.6 Å². The van der Waals surface area contributed by atoms with E-state index >= 15 is 0 Å². The Labute approximate surface area is 129 Å². The average molecular weight is 310 g/mol. The number of aromatic nitrogens is 2. The molecular formula is C15H17Cl2N3. The van der Waals surface area contributed by atoms with E-state index in [2.05, 4.69) is 36.1 Å². The minimum absolute atomic E-state index is 0.127. The second-order valence-electron chi connectivity index (χ2n) is 5.59. The average Bonchev–Trinajstić information content (AvgIpc) is 2.40. The molecule has 1 heterocycles. The molecule has 0 radical (unpaired) electrons. The predicted molar refractivity (Wildman–Crippen MR) is 85.7 cm³/mol. The van der Waals surface area contributed by atoms with Gasteiger partial charge in [-0.15, -0.1) is 0 Å². The molecule has 3 nitrogen and oxygen atoms in total. The largest absolute Gasteiger partial charge is 0.373 e. The van der Waals surface area contributed by atoms with Crippen LogP contribution in [0.15, 0.2) is 24.3 Å². The molecule has 0 amide bonds. The van der Waals surface area contributed by atoms with E-state index in [1.165, 1.54) is 0 Å². The van der Waals surface area contributed by atoms with Gasteiger partial charge in [0.25, 0.3) is 0 Å². The van der Waals surface area contributed by atoms with Gasteiger partial charge in [-0.2, -0.15) is 0 Å². The lowest BCUT2D eigenvalue weighted by molar-refractivity contribution is 0.547. The van der Waals surface area contributed by atoms with E-state index < -0.39 is 0 Å². The number of halogens is 2. The van der Waals surface area contributed by atoms with Crippen LogP contribution in [0, 0.1) is 0 Å². The molecule has 5 heteroatoms. The first-order chi connectivity index (χ1) is 9.31.